The number of fused-ring (bicyclic) bond motifs is 1. The van der Waals surface area contributed by atoms with Crippen molar-refractivity contribution in [2.24, 2.45) is 0 Å². The van der Waals surface area contributed by atoms with Crippen LogP contribution in [0.3, 0.4) is 0 Å². The third-order valence-electron chi connectivity index (χ3n) is 6.59. The highest BCUT2D eigenvalue weighted by Crippen LogP contribution is 2.44. The van der Waals surface area contributed by atoms with Gasteiger partial charge in [0, 0.05) is 18.3 Å². The minimum Gasteiger partial charge on any atom is -0.369 e. The summed E-state index contributed by atoms with van der Waals surface area (Å²) in [5.74, 6) is -1.19. The standard InChI is InChI=1S/C25H25Cl2N3O3/c1-13-9-20-16(14(2)12-25(3,4)29(20)5)10-15(13)11-17-22(31)28-24(33)30(23(17)32)19-8-6-7-18(26)21(19)27/h6-11,14H,12H2,1-5H3,(H,28,31,33)/b17-11+/t14-/m0/s1. The molecule has 6 nitrogen and oxygen atoms in total. The Bertz CT molecular complexity index is 1240. The molecule has 0 unspecified atom stereocenters. The van der Waals surface area contributed by atoms with Crippen molar-refractivity contribution >= 4 is 58.5 Å². The third-order valence-corrected chi connectivity index (χ3v) is 7.40. The van der Waals surface area contributed by atoms with E-state index in [9.17, 15) is 14.4 Å². The molecule has 1 atom stereocenters. The fourth-order valence-corrected chi connectivity index (χ4v) is 4.97. The highest BCUT2D eigenvalue weighted by Gasteiger charge is 2.39. The molecule has 0 radical (unpaired) electrons. The van der Waals surface area contributed by atoms with Gasteiger partial charge in [0.2, 0.25) is 0 Å². The molecule has 0 spiro atoms. The van der Waals surface area contributed by atoms with E-state index in [-0.39, 0.29) is 26.8 Å². The Kier molecular flexibility index (Phi) is 5.79. The van der Waals surface area contributed by atoms with Gasteiger partial charge in [-0.3, -0.25) is 14.9 Å². The topological polar surface area (TPSA) is 69.7 Å². The van der Waals surface area contributed by atoms with Crippen molar-refractivity contribution in [3.63, 3.8) is 0 Å². The quantitative estimate of drug-likeness (QED) is 0.438. The molecule has 4 amide bonds. The molecule has 8 heteroatoms. The number of nitrogens with one attached hydrogen (secondary N) is 1. The Morgan fingerprint density at radius 2 is 1.82 bits per heavy atom. The lowest BCUT2D eigenvalue weighted by molar-refractivity contribution is -0.122. The summed E-state index contributed by atoms with van der Waals surface area (Å²) >= 11 is 12.3. The van der Waals surface area contributed by atoms with Crippen LogP contribution in [0, 0.1) is 6.92 Å². The van der Waals surface area contributed by atoms with Crippen LogP contribution in [-0.2, 0) is 9.59 Å². The summed E-state index contributed by atoms with van der Waals surface area (Å²) in [6.07, 6.45) is 2.52. The fraction of sp³-hybridized carbons (Fsp3) is 0.320. The number of aryl methyl sites for hydroxylation is 1. The van der Waals surface area contributed by atoms with E-state index in [1.54, 1.807) is 12.1 Å². The summed E-state index contributed by atoms with van der Waals surface area (Å²) in [5.41, 5.74) is 3.95. The largest absolute Gasteiger partial charge is 0.369 e. The van der Waals surface area contributed by atoms with Gasteiger partial charge in [0.05, 0.1) is 15.7 Å². The van der Waals surface area contributed by atoms with Crippen molar-refractivity contribution in [2.45, 2.75) is 45.6 Å². The number of urea groups is 1. The van der Waals surface area contributed by atoms with E-state index in [0.29, 0.717) is 5.92 Å². The van der Waals surface area contributed by atoms with E-state index in [1.807, 2.05) is 13.0 Å². The normalized spacial score (nSPS) is 21.4. The predicted molar refractivity (Wildman–Crippen MR) is 132 cm³/mol. The maximum absolute atomic E-state index is 13.3. The zero-order valence-electron chi connectivity index (χ0n) is 19.1. The smallest absolute Gasteiger partial charge is 0.336 e. The van der Waals surface area contributed by atoms with Crippen LogP contribution in [0.15, 0.2) is 35.9 Å². The van der Waals surface area contributed by atoms with Gasteiger partial charge < -0.3 is 4.90 Å². The Morgan fingerprint density at radius 3 is 2.52 bits per heavy atom. The van der Waals surface area contributed by atoms with Crippen LogP contribution in [0.4, 0.5) is 16.2 Å². The number of rotatable bonds is 2. The van der Waals surface area contributed by atoms with Crippen LogP contribution in [0.25, 0.3) is 6.08 Å². The number of amides is 4. The first-order chi connectivity index (χ1) is 15.4. The van der Waals surface area contributed by atoms with Gasteiger partial charge in [-0.2, -0.15) is 0 Å². The molecular weight excluding hydrogens is 461 g/mol. The van der Waals surface area contributed by atoms with Crippen LogP contribution in [0.5, 0.6) is 0 Å². The van der Waals surface area contributed by atoms with Gasteiger partial charge in [-0.25, -0.2) is 9.69 Å². The predicted octanol–water partition coefficient (Wildman–Crippen LogP) is 5.69. The van der Waals surface area contributed by atoms with Crippen molar-refractivity contribution in [3.8, 4) is 0 Å². The summed E-state index contributed by atoms with van der Waals surface area (Å²) in [4.78, 5) is 41.5. The molecule has 2 aliphatic rings. The molecule has 0 bridgehead atoms. The summed E-state index contributed by atoms with van der Waals surface area (Å²) in [5, 5.41) is 2.49. The molecule has 1 fully saturated rings. The van der Waals surface area contributed by atoms with Crippen LogP contribution in [0.1, 0.15) is 49.8 Å². The summed E-state index contributed by atoms with van der Waals surface area (Å²) in [6, 6.07) is 7.88. The Hall–Kier alpha value is -2.83. The van der Waals surface area contributed by atoms with Crippen molar-refractivity contribution < 1.29 is 14.4 Å². The van der Waals surface area contributed by atoms with Gasteiger partial charge in [0.15, 0.2) is 0 Å². The fourth-order valence-electron chi connectivity index (χ4n) is 4.59. The average molecular weight is 486 g/mol. The molecule has 4 rings (SSSR count). The second-order valence-corrected chi connectivity index (χ2v) is 10.1. The van der Waals surface area contributed by atoms with Gasteiger partial charge in [0.1, 0.15) is 5.57 Å². The van der Waals surface area contributed by atoms with Crippen LogP contribution >= 0.6 is 23.2 Å². The number of anilines is 2. The number of imide groups is 2. The van der Waals surface area contributed by atoms with E-state index < -0.39 is 17.8 Å². The van der Waals surface area contributed by atoms with Gasteiger partial charge >= 0.3 is 6.03 Å². The van der Waals surface area contributed by atoms with E-state index >= 15 is 0 Å². The second kappa shape index (κ2) is 8.19. The second-order valence-electron chi connectivity index (χ2n) is 9.28. The number of halogens is 2. The molecule has 0 saturated carbocycles. The van der Waals surface area contributed by atoms with E-state index in [4.69, 9.17) is 23.2 Å². The maximum Gasteiger partial charge on any atom is 0.336 e. The molecule has 1 saturated heterocycles. The first-order valence-electron chi connectivity index (χ1n) is 10.7. The van der Waals surface area contributed by atoms with E-state index in [0.717, 1.165) is 33.7 Å². The summed E-state index contributed by atoms with van der Waals surface area (Å²) in [6.45, 7) is 8.55. The number of hydrogen-bond donors (Lipinski definition) is 1. The minimum atomic E-state index is -0.869. The monoisotopic (exact) mass is 485 g/mol. The average Bonchev–Trinajstić information content (AvgIpc) is 2.72. The van der Waals surface area contributed by atoms with E-state index in [1.165, 1.54) is 12.1 Å². The van der Waals surface area contributed by atoms with Crippen molar-refractivity contribution in [1.82, 2.24) is 5.32 Å². The zero-order chi connectivity index (χ0) is 24.2. The molecule has 0 aliphatic carbocycles. The van der Waals surface area contributed by atoms with Crippen molar-refractivity contribution in [1.29, 1.82) is 0 Å². The molecule has 2 aromatic carbocycles. The first kappa shape index (κ1) is 23.3. The van der Waals surface area contributed by atoms with Crippen LogP contribution in [-0.4, -0.2) is 30.4 Å². The molecule has 2 heterocycles. The van der Waals surface area contributed by atoms with Gasteiger partial charge in [0.25, 0.3) is 11.8 Å². The van der Waals surface area contributed by atoms with Gasteiger partial charge in [-0.15, -0.1) is 0 Å². The number of carbonyl (C=O) groups excluding carboxylic acids is 3. The highest BCUT2D eigenvalue weighted by atomic mass is 35.5. The molecule has 0 aromatic heterocycles. The number of carbonyl (C=O) groups is 3. The number of hydrogen-bond acceptors (Lipinski definition) is 4. The molecule has 172 valence electrons. The molecule has 33 heavy (non-hydrogen) atoms. The Morgan fingerprint density at radius 1 is 1.12 bits per heavy atom. The SMILES string of the molecule is Cc1cc2c(cc1/C=C1\C(=O)NC(=O)N(c3cccc(Cl)c3Cl)C1=O)[C@@H](C)CC(C)(C)N2C. The Balaban J connectivity index is 1.79. The van der Waals surface area contributed by atoms with Gasteiger partial charge in [-0.1, -0.05) is 36.2 Å². The lowest BCUT2D eigenvalue weighted by Crippen LogP contribution is -2.54. The first-order valence-corrected chi connectivity index (χ1v) is 11.4. The van der Waals surface area contributed by atoms with Crippen molar-refractivity contribution in [3.05, 3.63) is 62.6 Å². The lowest BCUT2D eigenvalue weighted by atomic mass is 9.79. The lowest BCUT2D eigenvalue weighted by Gasteiger charge is -2.45. The summed E-state index contributed by atoms with van der Waals surface area (Å²) < 4.78 is 0. The van der Waals surface area contributed by atoms with Gasteiger partial charge in [-0.05, 0) is 80.1 Å². The van der Waals surface area contributed by atoms with E-state index in [2.05, 4.69) is 44.1 Å². The maximum atomic E-state index is 13.3. The molecule has 2 aliphatic heterocycles. The third kappa shape index (κ3) is 3.91. The van der Waals surface area contributed by atoms with Crippen molar-refractivity contribution in [2.75, 3.05) is 16.8 Å². The molecule has 1 N–H and O–H groups in total. The zero-order valence-corrected chi connectivity index (χ0v) is 20.6. The highest BCUT2D eigenvalue weighted by molar-refractivity contribution is 6.46. The molecular formula is C25H25Cl2N3O3. The number of benzene rings is 2. The van der Waals surface area contributed by atoms with Crippen LogP contribution in [0.2, 0.25) is 10.0 Å². The van der Waals surface area contributed by atoms with Crippen LogP contribution < -0.4 is 15.1 Å². The minimum absolute atomic E-state index is 0.0230. The number of barbiturate groups is 1. The number of nitrogens with zero attached hydrogens (tertiary/aromatic N) is 2. The molecule has 2 aromatic rings. The Labute approximate surface area is 203 Å². The summed E-state index contributed by atoms with van der Waals surface area (Å²) in [7, 11) is 2.08.